The van der Waals surface area contributed by atoms with Gasteiger partial charge in [0.05, 0.1) is 17.5 Å². The molecule has 0 amide bonds. The number of benzene rings is 2. The highest BCUT2D eigenvalue weighted by Gasteiger charge is 2.10. The molecule has 0 fully saturated rings. The van der Waals surface area contributed by atoms with E-state index < -0.39 is 5.82 Å². The highest BCUT2D eigenvalue weighted by Crippen LogP contribution is 2.28. The van der Waals surface area contributed by atoms with Crippen LogP contribution in [0.25, 0.3) is 0 Å². The molecule has 0 N–H and O–H groups in total. The Morgan fingerprint density at radius 3 is 2.70 bits per heavy atom. The largest absolute Gasteiger partial charge is 0.496 e. The topological polar surface area (TPSA) is 18.5 Å². The van der Waals surface area contributed by atoms with Gasteiger partial charge in [0.2, 0.25) is 0 Å². The Hall–Kier alpha value is -1.26. The van der Waals surface area contributed by atoms with Crippen molar-refractivity contribution in [2.24, 2.45) is 0 Å². The van der Waals surface area contributed by atoms with Gasteiger partial charge in [-0.05, 0) is 39.7 Å². The van der Waals surface area contributed by atoms with Gasteiger partial charge in [0.15, 0.2) is 11.6 Å². The van der Waals surface area contributed by atoms with Gasteiger partial charge in [-0.2, -0.15) is 0 Å². The molecular weight excluding hydrogens is 347 g/mol. The van der Waals surface area contributed by atoms with Gasteiger partial charge in [-0.1, -0.05) is 18.2 Å². The quantitative estimate of drug-likeness (QED) is 0.706. The molecule has 0 aliphatic carbocycles. The average Bonchev–Trinajstić information content (AvgIpc) is 2.46. The molecule has 2 aromatic carbocycles. The molecule has 0 radical (unpaired) electrons. The highest BCUT2D eigenvalue weighted by molar-refractivity contribution is 9.10. The third-order valence-electron chi connectivity index (χ3n) is 2.79. The second kappa shape index (κ2) is 6.95. The number of hydrogen-bond acceptors (Lipinski definition) is 2. The van der Waals surface area contributed by atoms with E-state index in [9.17, 15) is 4.39 Å². The van der Waals surface area contributed by atoms with Crippen LogP contribution in [-0.2, 0) is 12.5 Å². The number of rotatable bonds is 5. The van der Waals surface area contributed by atoms with Crippen molar-refractivity contribution in [3.05, 3.63) is 57.8 Å². The molecule has 0 bridgehead atoms. The van der Waals surface area contributed by atoms with Gasteiger partial charge in [-0.15, -0.1) is 11.6 Å². The third-order valence-corrected chi connectivity index (χ3v) is 3.70. The van der Waals surface area contributed by atoms with Crippen molar-refractivity contribution in [3.8, 4) is 11.5 Å². The lowest BCUT2D eigenvalue weighted by Gasteiger charge is -2.12. The summed E-state index contributed by atoms with van der Waals surface area (Å²) >= 11 is 9.18. The Labute approximate surface area is 130 Å². The molecule has 0 saturated heterocycles. The second-order valence-corrected chi connectivity index (χ2v) is 5.24. The number of hydrogen-bond donors (Lipinski definition) is 0. The van der Waals surface area contributed by atoms with Gasteiger partial charge < -0.3 is 9.47 Å². The van der Waals surface area contributed by atoms with Gasteiger partial charge in [0.1, 0.15) is 12.4 Å². The minimum atomic E-state index is -0.407. The van der Waals surface area contributed by atoms with E-state index in [1.165, 1.54) is 6.07 Å². The molecule has 2 aromatic rings. The van der Waals surface area contributed by atoms with Crippen molar-refractivity contribution in [2.75, 3.05) is 7.11 Å². The Morgan fingerprint density at radius 2 is 2.05 bits per heavy atom. The third kappa shape index (κ3) is 3.44. The van der Waals surface area contributed by atoms with E-state index >= 15 is 0 Å². The minimum Gasteiger partial charge on any atom is -0.496 e. The summed E-state index contributed by atoms with van der Waals surface area (Å²) in [5.74, 6) is 0.741. The summed E-state index contributed by atoms with van der Waals surface area (Å²) in [6.07, 6.45) is 0. The number of ether oxygens (including phenoxy) is 2. The molecule has 20 heavy (non-hydrogen) atoms. The summed E-state index contributed by atoms with van der Waals surface area (Å²) in [4.78, 5) is 0. The summed E-state index contributed by atoms with van der Waals surface area (Å²) in [6, 6.07) is 10.3. The SMILES string of the molecule is COc1ccc(COc2c(F)cccc2CCl)cc1Br. The lowest BCUT2D eigenvalue weighted by molar-refractivity contribution is 0.287. The first-order valence-electron chi connectivity index (χ1n) is 5.94. The normalized spacial score (nSPS) is 10.4. The first-order chi connectivity index (χ1) is 9.65. The van der Waals surface area contributed by atoms with Gasteiger partial charge in [-0.3, -0.25) is 0 Å². The molecule has 0 aromatic heterocycles. The molecule has 0 atom stereocenters. The smallest absolute Gasteiger partial charge is 0.165 e. The second-order valence-electron chi connectivity index (χ2n) is 4.12. The zero-order valence-electron chi connectivity index (χ0n) is 10.8. The lowest BCUT2D eigenvalue weighted by atomic mass is 10.2. The van der Waals surface area contributed by atoms with E-state index in [4.69, 9.17) is 21.1 Å². The molecular formula is C15H13BrClFO2. The van der Waals surface area contributed by atoms with Crippen molar-refractivity contribution in [1.82, 2.24) is 0 Å². The van der Waals surface area contributed by atoms with Crippen LogP contribution in [0.15, 0.2) is 40.9 Å². The predicted octanol–water partition coefficient (Wildman–Crippen LogP) is 4.91. The Kier molecular flexibility index (Phi) is 5.26. The van der Waals surface area contributed by atoms with Gasteiger partial charge in [0.25, 0.3) is 0 Å². The maximum Gasteiger partial charge on any atom is 0.165 e. The molecule has 0 heterocycles. The van der Waals surface area contributed by atoms with Gasteiger partial charge in [-0.25, -0.2) is 4.39 Å². The van der Waals surface area contributed by atoms with Gasteiger partial charge in [0, 0.05) is 5.56 Å². The van der Waals surface area contributed by atoms with Crippen LogP contribution in [-0.4, -0.2) is 7.11 Å². The summed E-state index contributed by atoms with van der Waals surface area (Å²) in [5, 5.41) is 0. The fourth-order valence-corrected chi connectivity index (χ4v) is 2.57. The summed E-state index contributed by atoms with van der Waals surface area (Å²) < 4.78 is 25.3. The molecule has 0 aliphatic heterocycles. The first-order valence-corrected chi connectivity index (χ1v) is 7.27. The molecule has 0 saturated carbocycles. The fraction of sp³-hybridized carbons (Fsp3) is 0.200. The van der Waals surface area contributed by atoms with Gasteiger partial charge >= 0.3 is 0 Å². The van der Waals surface area contributed by atoms with Crippen LogP contribution in [0.3, 0.4) is 0 Å². The number of halogens is 3. The van der Waals surface area contributed by atoms with Crippen LogP contribution in [0.4, 0.5) is 4.39 Å². The Balaban J connectivity index is 2.15. The van der Waals surface area contributed by atoms with E-state index in [-0.39, 0.29) is 18.2 Å². The standard InChI is InChI=1S/C15H13BrClFO2/c1-19-14-6-5-10(7-12(14)16)9-20-15-11(8-17)3-2-4-13(15)18/h2-7H,8-9H2,1H3. The van der Waals surface area contributed by atoms with E-state index in [1.54, 1.807) is 19.2 Å². The zero-order valence-corrected chi connectivity index (χ0v) is 13.2. The van der Waals surface area contributed by atoms with Crippen molar-refractivity contribution < 1.29 is 13.9 Å². The highest BCUT2D eigenvalue weighted by atomic mass is 79.9. The lowest BCUT2D eigenvalue weighted by Crippen LogP contribution is -2.00. The van der Waals surface area contributed by atoms with Crippen LogP contribution >= 0.6 is 27.5 Å². The summed E-state index contributed by atoms with van der Waals surface area (Å²) in [6.45, 7) is 0.257. The van der Waals surface area contributed by atoms with E-state index in [0.717, 1.165) is 15.8 Å². The molecule has 106 valence electrons. The Morgan fingerprint density at radius 1 is 1.25 bits per heavy atom. The average molecular weight is 360 g/mol. The van der Waals surface area contributed by atoms with E-state index in [2.05, 4.69) is 15.9 Å². The maximum absolute atomic E-state index is 13.7. The minimum absolute atomic E-state index is 0.203. The van der Waals surface area contributed by atoms with Crippen LogP contribution < -0.4 is 9.47 Å². The van der Waals surface area contributed by atoms with E-state index in [0.29, 0.717) is 5.56 Å². The van der Waals surface area contributed by atoms with Crippen molar-refractivity contribution in [3.63, 3.8) is 0 Å². The van der Waals surface area contributed by atoms with Crippen molar-refractivity contribution in [2.45, 2.75) is 12.5 Å². The maximum atomic E-state index is 13.7. The summed E-state index contributed by atoms with van der Waals surface area (Å²) in [7, 11) is 1.60. The molecule has 5 heteroatoms. The molecule has 0 aliphatic rings. The number of para-hydroxylation sites is 1. The van der Waals surface area contributed by atoms with Crippen LogP contribution in [0, 0.1) is 5.82 Å². The fourth-order valence-electron chi connectivity index (χ4n) is 1.78. The molecule has 2 nitrogen and oxygen atoms in total. The van der Waals surface area contributed by atoms with E-state index in [1.807, 2.05) is 18.2 Å². The summed E-state index contributed by atoms with van der Waals surface area (Å²) in [5.41, 5.74) is 1.54. The zero-order chi connectivity index (χ0) is 14.5. The molecule has 0 spiro atoms. The molecule has 0 unspecified atom stereocenters. The van der Waals surface area contributed by atoms with Crippen LogP contribution in [0.2, 0.25) is 0 Å². The van der Waals surface area contributed by atoms with Crippen molar-refractivity contribution >= 4 is 27.5 Å². The Bertz CT molecular complexity index is 604. The number of methoxy groups -OCH3 is 1. The van der Waals surface area contributed by atoms with Crippen LogP contribution in [0.5, 0.6) is 11.5 Å². The number of alkyl halides is 1. The monoisotopic (exact) mass is 358 g/mol. The van der Waals surface area contributed by atoms with Crippen LogP contribution in [0.1, 0.15) is 11.1 Å². The molecule has 2 rings (SSSR count). The predicted molar refractivity (Wildman–Crippen MR) is 81.0 cm³/mol. The first kappa shape index (κ1) is 15.1. The van der Waals surface area contributed by atoms with Crippen molar-refractivity contribution in [1.29, 1.82) is 0 Å².